The van der Waals surface area contributed by atoms with E-state index < -0.39 is 16.1 Å². The molecule has 14 heteroatoms. The largest absolute Gasteiger partial charge is 0.387 e. The van der Waals surface area contributed by atoms with Crippen molar-refractivity contribution in [3.63, 3.8) is 0 Å². The summed E-state index contributed by atoms with van der Waals surface area (Å²) >= 11 is 0. The molecule has 0 bridgehead atoms. The molecule has 2 heterocycles. The maximum absolute atomic E-state index is 12.7. The predicted octanol–water partition coefficient (Wildman–Crippen LogP) is 3.47. The lowest BCUT2D eigenvalue weighted by molar-refractivity contribution is 0.0950. The molecule has 46 heavy (non-hydrogen) atoms. The smallest absolute Gasteiger partial charge is 0.261 e. The number of imidazole rings is 1. The van der Waals surface area contributed by atoms with Crippen LogP contribution in [-0.2, 0) is 23.1 Å². The minimum Gasteiger partial charge on any atom is -0.387 e. The first-order valence-corrected chi connectivity index (χ1v) is 16.1. The Morgan fingerprint density at radius 1 is 1.07 bits per heavy atom. The summed E-state index contributed by atoms with van der Waals surface area (Å²) in [6.45, 7) is 5.27. The number of aryl methyl sites for hydroxylation is 1. The fraction of sp³-hybridized carbons (Fsp3) is 0.250. The Bertz CT molecular complexity index is 1870. The van der Waals surface area contributed by atoms with Crippen LogP contribution in [0.15, 0.2) is 96.3 Å². The number of aliphatic hydroxyl groups is 1. The van der Waals surface area contributed by atoms with E-state index in [2.05, 4.69) is 49.4 Å². The molecule has 5 rings (SSSR count). The molecule has 0 aliphatic rings. The molecule has 0 spiro atoms. The molecule has 1 amide bonds. The van der Waals surface area contributed by atoms with E-state index in [1.54, 1.807) is 60.9 Å². The molecule has 0 saturated heterocycles. The van der Waals surface area contributed by atoms with Gasteiger partial charge in [-0.15, -0.1) is 5.10 Å². The molecular weight excluding hydrogens is 606 g/mol. The number of nitrogens with zero attached hydrogens (tertiary/aromatic N) is 4. The van der Waals surface area contributed by atoms with Crippen molar-refractivity contribution in [2.45, 2.75) is 49.9 Å². The molecule has 0 aliphatic heterocycles. The highest BCUT2D eigenvalue weighted by atomic mass is 32.2. The van der Waals surface area contributed by atoms with Gasteiger partial charge in [-0.1, -0.05) is 42.5 Å². The number of nitrogen functional groups attached to an aromatic ring is 1. The molecule has 1 atom stereocenters. The molecule has 0 radical (unpaired) electrons. The van der Waals surface area contributed by atoms with E-state index in [1.165, 1.54) is 12.1 Å². The normalized spacial score (nSPS) is 12.5. The Morgan fingerprint density at radius 2 is 1.83 bits per heavy atom. The quantitative estimate of drug-likeness (QED) is 0.105. The van der Waals surface area contributed by atoms with Crippen molar-refractivity contribution < 1.29 is 18.3 Å². The van der Waals surface area contributed by atoms with E-state index in [1.807, 2.05) is 22.9 Å². The van der Waals surface area contributed by atoms with Gasteiger partial charge in [0.25, 0.3) is 15.9 Å². The van der Waals surface area contributed by atoms with Gasteiger partial charge in [-0.05, 0) is 62.2 Å². The number of nitrogens with two attached hydrogens (primary N) is 1. The lowest BCUT2D eigenvalue weighted by Crippen LogP contribution is -2.42. The van der Waals surface area contributed by atoms with Crippen LogP contribution in [0.3, 0.4) is 0 Å². The highest BCUT2D eigenvalue weighted by molar-refractivity contribution is 7.92. The van der Waals surface area contributed by atoms with Gasteiger partial charge in [-0.25, -0.2) is 13.4 Å². The van der Waals surface area contributed by atoms with Crippen LogP contribution in [0.5, 0.6) is 0 Å². The molecule has 7 N–H and O–H groups in total. The molecule has 240 valence electrons. The van der Waals surface area contributed by atoms with Crippen molar-refractivity contribution in [1.29, 1.82) is 0 Å². The first-order chi connectivity index (χ1) is 22.0. The maximum Gasteiger partial charge on any atom is 0.261 e. The third-order valence-electron chi connectivity index (χ3n) is 7.39. The predicted molar refractivity (Wildman–Crippen MR) is 175 cm³/mol. The molecule has 0 fully saturated rings. The van der Waals surface area contributed by atoms with Crippen molar-refractivity contribution in [1.82, 2.24) is 35.4 Å². The van der Waals surface area contributed by atoms with Gasteiger partial charge in [-0.3, -0.25) is 14.6 Å². The van der Waals surface area contributed by atoms with Gasteiger partial charge in [0.05, 0.1) is 29.6 Å². The van der Waals surface area contributed by atoms with Crippen LogP contribution in [0.2, 0.25) is 0 Å². The second kappa shape index (κ2) is 13.9. The number of H-pyrrole nitrogens is 1. The number of carbonyl (C=O) groups is 1. The zero-order valence-corrected chi connectivity index (χ0v) is 26.3. The molecule has 0 unspecified atom stereocenters. The first-order valence-electron chi connectivity index (χ1n) is 14.7. The lowest BCUT2D eigenvalue weighted by Gasteiger charge is -2.28. The summed E-state index contributed by atoms with van der Waals surface area (Å²) in [6, 6.07) is 22.1. The van der Waals surface area contributed by atoms with Gasteiger partial charge >= 0.3 is 0 Å². The number of rotatable bonds is 14. The molecule has 0 aliphatic carbocycles. The van der Waals surface area contributed by atoms with Gasteiger partial charge in [-0.2, -0.15) is 4.98 Å². The third-order valence-corrected chi connectivity index (χ3v) is 8.78. The summed E-state index contributed by atoms with van der Waals surface area (Å²) in [4.78, 5) is 21.1. The third kappa shape index (κ3) is 8.56. The molecule has 13 nitrogen and oxygen atoms in total. The summed E-state index contributed by atoms with van der Waals surface area (Å²) in [5.41, 5.74) is 8.31. The highest BCUT2D eigenvalue weighted by Gasteiger charge is 2.20. The van der Waals surface area contributed by atoms with Crippen LogP contribution in [0, 0.1) is 0 Å². The monoisotopic (exact) mass is 643 g/mol. The fourth-order valence-corrected chi connectivity index (χ4v) is 5.76. The number of anilines is 2. The molecular formula is C32H37N9O4S. The summed E-state index contributed by atoms with van der Waals surface area (Å²) in [5.74, 6) is 0.353. The summed E-state index contributed by atoms with van der Waals surface area (Å²) in [5, 5.41) is 23.5. The van der Waals surface area contributed by atoms with Crippen molar-refractivity contribution >= 4 is 27.6 Å². The summed E-state index contributed by atoms with van der Waals surface area (Å²) < 4.78 is 30.0. The second-order valence-electron chi connectivity index (χ2n) is 11.5. The van der Waals surface area contributed by atoms with Crippen LogP contribution < -0.4 is 21.1 Å². The molecule has 2 aromatic heterocycles. The Kier molecular flexibility index (Phi) is 9.80. The average Bonchev–Trinajstić information content (AvgIpc) is 3.71. The van der Waals surface area contributed by atoms with Crippen LogP contribution in [-0.4, -0.2) is 56.2 Å². The van der Waals surface area contributed by atoms with Gasteiger partial charge in [0.1, 0.15) is 5.82 Å². The number of aliphatic hydroxyl groups excluding tert-OH is 1. The van der Waals surface area contributed by atoms with E-state index in [0.717, 1.165) is 17.7 Å². The second-order valence-corrected chi connectivity index (χ2v) is 13.2. The van der Waals surface area contributed by atoms with Crippen LogP contribution in [0.25, 0.3) is 11.3 Å². The van der Waals surface area contributed by atoms with E-state index in [9.17, 15) is 18.3 Å². The number of hydrogen-bond donors (Lipinski definition) is 6. The Labute approximate surface area is 267 Å². The van der Waals surface area contributed by atoms with Crippen LogP contribution in [0.4, 0.5) is 11.6 Å². The van der Waals surface area contributed by atoms with Crippen LogP contribution in [0.1, 0.15) is 48.1 Å². The number of β-amino-alcohol motifs (C(OH)–C–C–N with tert-alkyl or cyclic N) is 1. The molecule has 5 aromatic rings. The number of hydrogen-bond acceptors (Lipinski definition) is 9. The van der Waals surface area contributed by atoms with Gasteiger partial charge in [0, 0.05) is 41.6 Å². The Morgan fingerprint density at radius 3 is 2.54 bits per heavy atom. The first kappa shape index (κ1) is 32.3. The van der Waals surface area contributed by atoms with E-state index >= 15 is 0 Å². The maximum atomic E-state index is 12.7. The van der Waals surface area contributed by atoms with E-state index in [0.29, 0.717) is 29.2 Å². The van der Waals surface area contributed by atoms with Crippen molar-refractivity contribution in [3.8, 4) is 11.3 Å². The standard InChI is InChI=1S/C32H37N9O4S/c1-32(2,36-18-28(42)24-7-6-8-25(17-24)40-46(44,45)26-9-4-3-5-10-26)15-16-41-20-27(35-21-41)22-11-13-23(14-12-22)30(43)34-19-29-37-31(33)39-38-29/h3-14,17,20-21,28,36,40,42H,15-16,18-19H2,1-2H3,(H,34,43)(H3,33,37,38,39)/t28-/m0/s1. The number of aromatic nitrogens is 5. The van der Waals surface area contributed by atoms with Crippen LogP contribution >= 0.6 is 0 Å². The van der Waals surface area contributed by atoms with Gasteiger partial charge in [0.2, 0.25) is 5.95 Å². The van der Waals surface area contributed by atoms with Crippen molar-refractivity contribution in [3.05, 3.63) is 108 Å². The van der Waals surface area contributed by atoms with Gasteiger partial charge < -0.3 is 26.0 Å². The Hall–Kier alpha value is -5.05. The number of carbonyl (C=O) groups excluding carboxylic acids is 1. The van der Waals surface area contributed by atoms with Gasteiger partial charge in [0.15, 0.2) is 0 Å². The van der Waals surface area contributed by atoms with Crippen molar-refractivity contribution in [2.75, 3.05) is 17.0 Å². The number of amides is 1. The summed E-state index contributed by atoms with van der Waals surface area (Å²) in [6.07, 6.45) is 3.64. The Balaban J connectivity index is 1.10. The fourth-order valence-electron chi connectivity index (χ4n) is 4.69. The number of aromatic amines is 1. The summed E-state index contributed by atoms with van der Waals surface area (Å²) in [7, 11) is -3.74. The minimum atomic E-state index is -3.74. The lowest BCUT2D eigenvalue weighted by atomic mass is 9.99. The van der Waals surface area contributed by atoms with Crippen molar-refractivity contribution in [2.24, 2.45) is 0 Å². The zero-order valence-electron chi connectivity index (χ0n) is 25.5. The number of benzene rings is 3. The average molecular weight is 644 g/mol. The minimum absolute atomic E-state index is 0.124. The molecule has 3 aromatic carbocycles. The number of sulfonamides is 1. The molecule has 0 saturated carbocycles. The van der Waals surface area contributed by atoms with E-state index in [4.69, 9.17) is 5.73 Å². The SMILES string of the molecule is CC(C)(CCn1cnc(-c2ccc(C(=O)NCc3nc(N)n[nH]3)cc2)c1)NC[C@H](O)c1cccc(NS(=O)(=O)c2ccccc2)c1. The topological polar surface area (TPSA) is 193 Å². The number of nitrogens with one attached hydrogen (secondary N) is 4. The van der Waals surface area contributed by atoms with E-state index in [-0.39, 0.29) is 35.4 Å². The highest BCUT2D eigenvalue weighted by Crippen LogP contribution is 2.22. The zero-order chi connectivity index (χ0) is 32.7.